The van der Waals surface area contributed by atoms with E-state index in [4.69, 9.17) is 29.3 Å². The molecule has 0 aliphatic heterocycles. The highest BCUT2D eigenvalue weighted by molar-refractivity contribution is 5.99. The zero-order valence-electron chi connectivity index (χ0n) is 48.3. The van der Waals surface area contributed by atoms with E-state index in [1.54, 1.807) is 0 Å². The van der Waals surface area contributed by atoms with E-state index in [0.717, 1.165) is 135 Å². The van der Waals surface area contributed by atoms with Crippen LogP contribution in [0.1, 0.15) is 43.1 Å². The van der Waals surface area contributed by atoms with Crippen LogP contribution in [0.2, 0.25) is 0 Å². The Balaban J connectivity index is 0.00000330. The third-order valence-electron chi connectivity index (χ3n) is 16.1. The summed E-state index contributed by atoms with van der Waals surface area (Å²) in [7, 11) is 0. The molecule has 0 radical (unpaired) electrons. The van der Waals surface area contributed by atoms with E-state index in [-0.39, 0.29) is 5.92 Å². The quantitative estimate of drug-likeness (QED) is 0.121. The van der Waals surface area contributed by atoms with E-state index in [0.29, 0.717) is 23.3 Å². The summed E-state index contributed by atoms with van der Waals surface area (Å²) < 4.78 is 7.21. The van der Waals surface area contributed by atoms with Crippen LogP contribution in [0.4, 0.5) is 0 Å². The minimum Gasteiger partial charge on any atom is -0.459 e. The second-order valence-corrected chi connectivity index (χ2v) is 21.5. The largest absolute Gasteiger partial charge is 0.459 e. The molecule has 0 bridgehead atoms. The minimum atomic E-state index is -0.0623. The molecule has 0 saturated carbocycles. The summed E-state index contributed by atoms with van der Waals surface area (Å²) in [5, 5.41) is 1.06. The molecule has 1 aliphatic rings. The zero-order chi connectivity index (χ0) is 58.5. The maximum atomic E-state index is 7.21. The summed E-state index contributed by atoms with van der Waals surface area (Å²) in [5.41, 5.74) is 21.4. The van der Waals surface area contributed by atoms with E-state index in [1.807, 2.05) is 38.1 Å². The topological polar surface area (TPSA) is 77.6 Å². The predicted octanol–water partition coefficient (Wildman–Crippen LogP) is 21.3. The zero-order valence-corrected chi connectivity index (χ0v) is 48.3. The van der Waals surface area contributed by atoms with E-state index in [1.165, 1.54) is 0 Å². The van der Waals surface area contributed by atoms with Gasteiger partial charge in [0.25, 0.3) is 0 Å². The van der Waals surface area contributed by atoms with Gasteiger partial charge in [0.05, 0.1) is 11.4 Å². The molecule has 1 atom stereocenters. The number of allylic oxidation sites excluding steroid dienone is 1. The lowest BCUT2D eigenvalue weighted by Crippen LogP contribution is -2.05. The van der Waals surface area contributed by atoms with Gasteiger partial charge >= 0.3 is 0 Å². The molecule has 14 aromatic rings. The fourth-order valence-corrected chi connectivity index (χ4v) is 11.8. The molecular weight excluding hydrogens is 1060 g/mol. The van der Waals surface area contributed by atoms with Gasteiger partial charge in [-0.3, -0.25) is 0 Å². The van der Waals surface area contributed by atoms with Gasteiger partial charge in [-0.15, -0.1) is 0 Å². The first kappa shape index (κ1) is 53.8. The number of aromatic nitrogens is 5. The lowest BCUT2D eigenvalue weighted by molar-refractivity contribution is 0.517. The molecule has 11 aromatic carbocycles. The Bertz CT molecular complexity index is 4600. The van der Waals surface area contributed by atoms with Crippen molar-refractivity contribution in [1.82, 2.24) is 24.9 Å². The average Bonchev–Trinajstić information content (AvgIpc) is 4.08. The van der Waals surface area contributed by atoms with Crippen LogP contribution in [-0.4, -0.2) is 24.9 Å². The maximum Gasteiger partial charge on any atom is 0.164 e. The van der Waals surface area contributed by atoms with Crippen molar-refractivity contribution in [2.24, 2.45) is 0 Å². The second-order valence-electron chi connectivity index (χ2n) is 21.5. The molecule has 414 valence electrons. The van der Waals surface area contributed by atoms with Crippen molar-refractivity contribution in [3.05, 3.63) is 314 Å². The number of hydrogen-bond acceptors (Lipinski definition) is 6. The maximum absolute atomic E-state index is 7.21. The summed E-state index contributed by atoms with van der Waals surface area (Å²) >= 11 is 0. The molecule has 0 spiro atoms. The molecule has 15 rings (SSSR count). The van der Waals surface area contributed by atoms with Gasteiger partial charge in [-0.2, -0.15) is 0 Å². The van der Waals surface area contributed by atoms with Crippen molar-refractivity contribution in [2.75, 3.05) is 0 Å². The Morgan fingerprint density at radius 3 is 1.10 bits per heavy atom. The molecule has 3 aromatic heterocycles. The number of fused-ring (bicyclic) bond motifs is 3. The van der Waals surface area contributed by atoms with Crippen LogP contribution in [0.5, 0.6) is 0 Å². The third kappa shape index (κ3) is 11.1. The van der Waals surface area contributed by atoms with E-state index < -0.39 is 0 Å². The number of nitrogens with zero attached hydrogens (tertiary/aromatic N) is 5. The van der Waals surface area contributed by atoms with Crippen LogP contribution in [0.3, 0.4) is 0 Å². The van der Waals surface area contributed by atoms with Gasteiger partial charge in [0.1, 0.15) is 11.3 Å². The van der Waals surface area contributed by atoms with Crippen LogP contribution < -0.4 is 0 Å². The standard InChI is InChI=1S/C79H53N5O.C2H6/c1-5-21-52(22-6-1)56-29-13-35-62(45-56)72-51-73(63-36-14-30-57(46-63)53-23-7-2-8-24-53)81-76(80-72)66-39-17-33-60(49-66)68-41-19-43-70-71-44-20-42-69(75(71)85-74(68)70)61-34-18-40-67(50-61)79-83-77(64-37-15-31-58(47-64)54-25-9-3-10-26-54)82-78(84-79)65-38-16-32-59(48-65)55-27-11-4-12-28-55;1-2/h1-41,43-51,69H,42H2;1-2H3. The predicted molar refractivity (Wildman–Crippen MR) is 358 cm³/mol. The lowest BCUT2D eigenvalue weighted by atomic mass is 9.86. The third-order valence-corrected chi connectivity index (χ3v) is 16.1. The highest BCUT2D eigenvalue weighted by Crippen LogP contribution is 2.45. The first-order valence-electron chi connectivity index (χ1n) is 29.8. The second kappa shape index (κ2) is 24.2. The molecule has 0 fully saturated rings. The first-order chi connectivity index (χ1) is 43.1. The van der Waals surface area contributed by atoms with Gasteiger partial charge in [0.15, 0.2) is 23.3 Å². The molecule has 0 N–H and O–H groups in total. The first-order valence-corrected chi connectivity index (χ1v) is 29.8. The minimum absolute atomic E-state index is 0.0623. The van der Waals surface area contributed by atoms with Crippen molar-refractivity contribution >= 4 is 17.0 Å². The van der Waals surface area contributed by atoms with E-state index in [9.17, 15) is 0 Å². The summed E-state index contributed by atoms with van der Waals surface area (Å²) in [6, 6.07) is 102. The van der Waals surface area contributed by atoms with E-state index in [2.05, 4.69) is 279 Å². The molecule has 0 amide bonds. The Labute approximate surface area is 507 Å². The summed E-state index contributed by atoms with van der Waals surface area (Å²) in [6.07, 6.45) is 5.26. The molecule has 3 heterocycles. The monoisotopic (exact) mass is 1120 g/mol. The summed E-state index contributed by atoms with van der Waals surface area (Å²) in [6.45, 7) is 4.00. The number of hydrogen-bond donors (Lipinski definition) is 0. The van der Waals surface area contributed by atoms with Crippen molar-refractivity contribution in [2.45, 2.75) is 26.2 Å². The lowest BCUT2D eigenvalue weighted by Gasteiger charge is -2.18. The average molecular weight is 1120 g/mol. The smallest absolute Gasteiger partial charge is 0.164 e. The molecule has 0 saturated heterocycles. The fraction of sp³-hybridized carbons (Fsp3) is 0.0494. The normalized spacial score (nSPS) is 12.5. The molecule has 6 heteroatoms. The van der Waals surface area contributed by atoms with Crippen molar-refractivity contribution < 1.29 is 4.42 Å². The molecule has 1 aliphatic carbocycles. The summed E-state index contributed by atoms with van der Waals surface area (Å²) in [5.74, 6) is 3.31. The van der Waals surface area contributed by atoms with Crippen molar-refractivity contribution in [3.63, 3.8) is 0 Å². The van der Waals surface area contributed by atoms with Gasteiger partial charge in [0.2, 0.25) is 0 Å². The highest BCUT2D eigenvalue weighted by atomic mass is 16.3. The SMILES string of the molecule is C1=Cc2c(oc3c(-c4cccc(-c5nc(-c6cccc(-c7ccccc7)c6)cc(-c6cccc(-c7ccccc7)c6)n5)c4)cccc23)C(c2cccc(-c3nc(-c4cccc(-c5ccccc5)c4)nc(-c4cccc(-c5ccccc5)c4)n3)c2)C1.CC. The van der Waals surface area contributed by atoms with Gasteiger partial charge in [-0.05, 0) is 105 Å². The van der Waals surface area contributed by atoms with Crippen molar-refractivity contribution in [1.29, 1.82) is 0 Å². The van der Waals surface area contributed by atoms with Crippen LogP contribution in [0.25, 0.3) is 141 Å². The van der Waals surface area contributed by atoms with Crippen LogP contribution >= 0.6 is 0 Å². The number of rotatable bonds is 12. The number of para-hydroxylation sites is 1. The highest BCUT2D eigenvalue weighted by Gasteiger charge is 2.28. The molecule has 87 heavy (non-hydrogen) atoms. The Kier molecular flexibility index (Phi) is 14.9. The number of furan rings is 1. The Hall–Kier alpha value is -11.2. The van der Waals surface area contributed by atoms with Crippen LogP contribution in [0.15, 0.2) is 302 Å². The molecule has 1 unspecified atom stereocenters. The van der Waals surface area contributed by atoms with Crippen LogP contribution in [0, 0.1) is 0 Å². The Morgan fingerprint density at radius 2 is 0.644 bits per heavy atom. The molecule has 6 nitrogen and oxygen atoms in total. The van der Waals surface area contributed by atoms with E-state index >= 15 is 0 Å². The van der Waals surface area contributed by atoms with Gasteiger partial charge in [-0.25, -0.2) is 24.9 Å². The Morgan fingerprint density at radius 1 is 0.299 bits per heavy atom. The van der Waals surface area contributed by atoms with Crippen molar-refractivity contribution in [3.8, 4) is 124 Å². The molecular formula is C81H59N5O. The fourth-order valence-electron chi connectivity index (χ4n) is 11.8. The summed E-state index contributed by atoms with van der Waals surface area (Å²) in [4.78, 5) is 26.4. The number of benzene rings is 11. The van der Waals surface area contributed by atoms with Crippen LogP contribution in [-0.2, 0) is 0 Å². The van der Waals surface area contributed by atoms with Gasteiger partial charge in [-0.1, -0.05) is 275 Å². The van der Waals surface area contributed by atoms with Gasteiger partial charge in [0, 0.05) is 55.8 Å². The van der Waals surface area contributed by atoms with Gasteiger partial charge < -0.3 is 4.42 Å².